The molecule has 0 atom stereocenters. The predicted octanol–water partition coefficient (Wildman–Crippen LogP) is 6.06. The minimum Gasteiger partial charge on any atom is -0.861 e. The summed E-state index contributed by atoms with van der Waals surface area (Å²) in [5.74, 6) is -0.203. The standard InChI is InChI=1S/C30H29Cl2N4O.CH3.U/c1-2-35-12-9-30(10-13-35)28-7-6-23(22-5-3-4-21(14-22)19-33)15-24(28)8-11-36(30)20-29(37)34-27-17-25(31)16-26(32)18-27;;/h3-7,14-18H,1-2,8-13,20H2,(H,34,37);1H3;/q2*-1;+2/p-1. The van der Waals surface area contributed by atoms with Gasteiger partial charge in [0.1, 0.15) is 0 Å². The molecule has 0 unspecified atom stereocenters. The van der Waals surface area contributed by atoms with Crippen molar-refractivity contribution in [1.82, 2.24) is 9.80 Å². The van der Waals surface area contributed by atoms with Gasteiger partial charge in [0.25, 0.3) is 0 Å². The van der Waals surface area contributed by atoms with Gasteiger partial charge in [-0.2, -0.15) is 5.26 Å². The second kappa shape index (κ2) is 13.7. The molecule has 0 radical (unpaired) electrons. The first-order valence-electron chi connectivity index (χ1n) is 12.5. The third-order valence-corrected chi connectivity index (χ3v) is 8.05. The van der Waals surface area contributed by atoms with Gasteiger partial charge in [-0.15, -0.1) is 6.54 Å². The molecular formula is C31H31Cl2N4OU-. The Hall–Kier alpha value is -1.83. The van der Waals surface area contributed by atoms with Gasteiger partial charge in [-0.1, -0.05) is 53.5 Å². The van der Waals surface area contributed by atoms with Crippen LogP contribution in [0, 0.1) is 56.8 Å². The molecule has 8 heteroatoms. The Balaban J connectivity index is 0.00000210. The van der Waals surface area contributed by atoms with Crippen LogP contribution in [0.3, 0.4) is 0 Å². The Morgan fingerprint density at radius 3 is 2.36 bits per heavy atom. The van der Waals surface area contributed by atoms with Crippen LogP contribution in [-0.4, -0.2) is 48.4 Å². The second-order valence-corrected chi connectivity index (χ2v) is 10.6. The summed E-state index contributed by atoms with van der Waals surface area (Å²) in [6.07, 6.45) is 2.70. The van der Waals surface area contributed by atoms with Crippen molar-refractivity contribution in [2.24, 2.45) is 4.99 Å². The second-order valence-electron chi connectivity index (χ2n) is 9.74. The number of piperidine rings is 1. The number of aliphatic imine (C=N–C) groups is 1. The number of rotatable bonds is 5. The topological polar surface area (TPSA) is 65.7 Å². The summed E-state index contributed by atoms with van der Waals surface area (Å²) < 4.78 is 0. The molecule has 1 fully saturated rings. The molecule has 0 aromatic heterocycles. The number of nitriles is 1. The fourth-order valence-electron chi connectivity index (χ4n) is 5.75. The Bertz CT molecular complexity index is 1360. The van der Waals surface area contributed by atoms with Crippen LogP contribution in [0.15, 0.2) is 65.7 Å². The average Bonchev–Trinajstić information content (AvgIpc) is 2.90. The molecule has 2 aliphatic rings. The van der Waals surface area contributed by atoms with Gasteiger partial charge in [-0.3, -0.25) is 9.89 Å². The van der Waals surface area contributed by atoms with E-state index in [0.29, 0.717) is 21.3 Å². The molecular weight excluding hydrogens is 753 g/mol. The molecule has 1 saturated heterocycles. The Morgan fingerprint density at radius 2 is 1.69 bits per heavy atom. The maximum Gasteiger partial charge on any atom is 2.00 e. The smallest absolute Gasteiger partial charge is 0.861 e. The Morgan fingerprint density at radius 1 is 1.00 bits per heavy atom. The number of hydrogen-bond acceptors (Lipinski definition) is 5. The van der Waals surface area contributed by atoms with Crippen LogP contribution < -0.4 is 5.11 Å². The van der Waals surface area contributed by atoms with Crippen molar-refractivity contribution in [1.29, 1.82) is 5.26 Å². The fraction of sp³-hybridized carbons (Fsp3) is 0.290. The van der Waals surface area contributed by atoms with Gasteiger partial charge < -0.3 is 24.4 Å². The first-order valence-corrected chi connectivity index (χ1v) is 13.3. The zero-order chi connectivity index (χ0) is 26.0. The Kier molecular flexibility index (Phi) is 11.1. The Labute approximate surface area is 265 Å². The van der Waals surface area contributed by atoms with Crippen LogP contribution in [0.25, 0.3) is 11.1 Å². The van der Waals surface area contributed by atoms with Gasteiger partial charge >= 0.3 is 31.1 Å². The van der Waals surface area contributed by atoms with E-state index in [-0.39, 0.29) is 56.5 Å². The predicted molar refractivity (Wildman–Crippen MR) is 155 cm³/mol. The van der Waals surface area contributed by atoms with E-state index in [1.54, 1.807) is 18.2 Å². The van der Waals surface area contributed by atoms with Crippen molar-refractivity contribution in [2.45, 2.75) is 24.8 Å². The maximum atomic E-state index is 13.1. The summed E-state index contributed by atoms with van der Waals surface area (Å²) in [7, 11) is 0. The van der Waals surface area contributed by atoms with Crippen molar-refractivity contribution < 1.29 is 36.2 Å². The van der Waals surface area contributed by atoms with Crippen LogP contribution >= 0.6 is 23.2 Å². The van der Waals surface area contributed by atoms with E-state index in [2.05, 4.69) is 46.0 Å². The number of likely N-dealkylation sites (tertiary alicyclic amines) is 1. The van der Waals surface area contributed by atoms with Crippen LogP contribution in [0.5, 0.6) is 0 Å². The van der Waals surface area contributed by atoms with E-state index < -0.39 is 0 Å². The minimum absolute atomic E-state index is 0. The first-order chi connectivity index (χ1) is 17.9. The van der Waals surface area contributed by atoms with E-state index in [1.165, 1.54) is 11.1 Å². The van der Waals surface area contributed by atoms with Crippen LogP contribution in [0.4, 0.5) is 5.69 Å². The molecule has 1 spiro atoms. The summed E-state index contributed by atoms with van der Waals surface area (Å²) >= 11 is 12.2. The van der Waals surface area contributed by atoms with Gasteiger partial charge in [-0.05, 0) is 90.8 Å². The molecule has 0 bridgehead atoms. The molecule has 3 aromatic carbocycles. The molecule has 2 aliphatic heterocycles. The molecule has 2 heterocycles. The quantitative estimate of drug-likeness (QED) is 0.180. The summed E-state index contributed by atoms with van der Waals surface area (Å²) in [6.45, 7) is 7.73. The normalized spacial score (nSPS) is 17.0. The van der Waals surface area contributed by atoms with Crippen molar-refractivity contribution in [3.05, 3.63) is 102 Å². The molecule has 200 valence electrons. The summed E-state index contributed by atoms with van der Waals surface area (Å²) in [6, 6.07) is 21.5. The third-order valence-electron chi connectivity index (χ3n) is 7.61. The summed E-state index contributed by atoms with van der Waals surface area (Å²) in [5.41, 5.74) is 5.65. The molecule has 0 saturated carbocycles. The summed E-state index contributed by atoms with van der Waals surface area (Å²) in [5, 5.41) is 23.4. The van der Waals surface area contributed by atoms with Gasteiger partial charge in [0, 0.05) is 28.7 Å². The monoisotopic (exact) mass is 783 g/mol. The number of nitrogens with zero attached hydrogens (tertiary/aromatic N) is 4. The van der Waals surface area contributed by atoms with Crippen LogP contribution in [-0.2, 0) is 12.0 Å². The van der Waals surface area contributed by atoms with Gasteiger partial charge in [-0.25, -0.2) is 0 Å². The molecule has 0 amide bonds. The van der Waals surface area contributed by atoms with Crippen LogP contribution in [0.2, 0.25) is 10.0 Å². The van der Waals surface area contributed by atoms with Crippen LogP contribution in [0.1, 0.15) is 29.5 Å². The summed E-state index contributed by atoms with van der Waals surface area (Å²) in [4.78, 5) is 9.00. The average molecular weight is 785 g/mol. The number of benzene rings is 3. The van der Waals surface area contributed by atoms with Crippen molar-refractivity contribution in [2.75, 3.05) is 32.7 Å². The third kappa shape index (κ3) is 6.91. The van der Waals surface area contributed by atoms with E-state index in [1.807, 2.05) is 24.3 Å². The minimum atomic E-state index is -0.233. The molecule has 5 rings (SSSR count). The number of hydrogen-bond donors (Lipinski definition) is 0. The van der Waals surface area contributed by atoms with Crippen molar-refractivity contribution in [3.8, 4) is 17.2 Å². The molecule has 3 aromatic rings. The molecule has 0 N–H and O–H groups in total. The molecule has 0 aliphatic carbocycles. The van der Waals surface area contributed by atoms with Crippen molar-refractivity contribution >= 4 is 34.8 Å². The zero-order valence-corrected chi connectivity index (χ0v) is 27.8. The van der Waals surface area contributed by atoms with E-state index in [4.69, 9.17) is 23.2 Å². The molecule has 5 nitrogen and oxygen atoms in total. The number of fused-ring (bicyclic) bond motifs is 2. The van der Waals surface area contributed by atoms with Gasteiger partial charge in [0.15, 0.2) is 0 Å². The van der Waals surface area contributed by atoms with E-state index in [0.717, 1.165) is 56.6 Å². The largest absolute Gasteiger partial charge is 2.00 e. The SMILES string of the molecule is [CH2-]CN1CCC2(CC1)c1ccc(-c3cccc(C#N)c3)cc1CCN2CC([O-])=Nc1cc(Cl)cc(Cl)c1.[CH3-].[U+2]. The zero-order valence-electron chi connectivity index (χ0n) is 22.1. The number of halogens is 2. The maximum absolute atomic E-state index is 13.1. The first kappa shape index (κ1) is 31.7. The van der Waals surface area contributed by atoms with E-state index >= 15 is 0 Å². The van der Waals surface area contributed by atoms with Gasteiger partial charge in [0.05, 0.1) is 17.3 Å². The molecule has 39 heavy (non-hydrogen) atoms. The van der Waals surface area contributed by atoms with Crippen molar-refractivity contribution in [3.63, 3.8) is 0 Å². The van der Waals surface area contributed by atoms with E-state index in [9.17, 15) is 10.4 Å². The van der Waals surface area contributed by atoms with Gasteiger partial charge in [0.2, 0.25) is 0 Å². The fourth-order valence-corrected chi connectivity index (χ4v) is 6.27.